The van der Waals surface area contributed by atoms with Crippen molar-refractivity contribution in [2.75, 3.05) is 20.3 Å². The summed E-state index contributed by atoms with van der Waals surface area (Å²) in [6.45, 7) is 11.2. The molecular weight excluding hydrogens is 136 g/mol. The fourth-order valence-corrected chi connectivity index (χ4v) is 1.13. The van der Waals surface area contributed by atoms with Gasteiger partial charge in [-0.3, -0.25) is 4.90 Å². The normalized spacial score (nSPS) is 12.0. The van der Waals surface area contributed by atoms with Crippen LogP contribution in [0.25, 0.3) is 0 Å². The fraction of sp³-hybridized carbons (Fsp3) is 1.00. The molecule has 11 heavy (non-hydrogen) atoms. The molecule has 0 bridgehead atoms. The molecule has 0 fully saturated rings. The van der Waals surface area contributed by atoms with Gasteiger partial charge in [0.1, 0.15) is 0 Å². The van der Waals surface area contributed by atoms with Gasteiger partial charge in [0.25, 0.3) is 0 Å². The summed E-state index contributed by atoms with van der Waals surface area (Å²) in [4.78, 5) is 2.44. The van der Waals surface area contributed by atoms with Gasteiger partial charge < -0.3 is 5.32 Å². The Morgan fingerprint density at radius 2 is 1.73 bits per heavy atom. The lowest BCUT2D eigenvalue weighted by molar-refractivity contribution is 0.188. The molecule has 0 saturated heterocycles. The Bertz CT molecular complexity index is 89.6. The molecule has 2 nitrogen and oxygen atoms in total. The predicted octanol–water partition coefficient (Wildman–Crippen LogP) is 1.53. The minimum Gasteiger partial charge on any atom is -0.307 e. The summed E-state index contributed by atoms with van der Waals surface area (Å²) in [6.07, 6.45) is 0. The summed E-state index contributed by atoms with van der Waals surface area (Å²) in [5.41, 5.74) is 0. The first-order chi connectivity index (χ1) is 5.07. The molecule has 0 heterocycles. The molecule has 0 atom stereocenters. The van der Waals surface area contributed by atoms with E-state index in [0.29, 0.717) is 6.04 Å². The average molecular weight is 158 g/mol. The molecule has 0 spiro atoms. The third-order valence-corrected chi connectivity index (χ3v) is 1.69. The van der Waals surface area contributed by atoms with Crippen LogP contribution in [0.3, 0.4) is 0 Å². The van der Waals surface area contributed by atoms with E-state index in [-0.39, 0.29) is 0 Å². The fourth-order valence-electron chi connectivity index (χ4n) is 1.13. The van der Waals surface area contributed by atoms with Gasteiger partial charge in [-0.1, -0.05) is 13.8 Å². The first kappa shape index (κ1) is 10.9. The Kier molecular flexibility index (Phi) is 5.51. The number of hydrogen-bond acceptors (Lipinski definition) is 2. The van der Waals surface area contributed by atoms with Crippen LogP contribution in [-0.4, -0.2) is 31.2 Å². The van der Waals surface area contributed by atoms with Crippen LogP contribution in [0.5, 0.6) is 0 Å². The maximum atomic E-state index is 3.18. The first-order valence-electron chi connectivity index (χ1n) is 4.46. The summed E-state index contributed by atoms with van der Waals surface area (Å²) in [5.74, 6) is 0.755. The van der Waals surface area contributed by atoms with Crippen molar-refractivity contribution in [1.82, 2.24) is 10.2 Å². The van der Waals surface area contributed by atoms with Gasteiger partial charge in [0.2, 0.25) is 0 Å². The van der Waals surface area contributed by atoms with Crippen LogP contribution >= 0.6 is 0 Å². The highest BCUT2D eigenvalue weighted by Gasteiger charge is 2.08. The molecule has 0 aliphatic heterocycles. The maximum Gasteiger partial charge on any atom is 0.0480 e. The zero-order valence-electron chi connectivity index (χ0n) is 8.52. The van der Waals surface area contributed by atoms with Crippen LogP contribution in [0.1, 0.15) is 27.7 Å². The second-order valence-electron chi connectivity index (χ2n) is 3.77. The van der Waals surface area contributed by atoms with Gasteiger partial charge in [-0.2, -0.15) is 0 Å². The summed E-state index contributed by atoms with van der Waals surface area (Å²) in [5, 5.41) is 3.18. The van der Waals surface area contributed by atoms with E-state index in [1.807, 2.05) is 7.05 Å². The van der Waals surface area contributed by atoms with Crippen LogP contribution in [0.4, 0.5) is 0 Å². The summed E-state index contributed by atoms with van der Waals surface area (Å²) in [6, 6.07) is 0.643. The second-order valence-corrected chi connectivity index (χ2v) is 3.77. The lowest BCUT2D eigenvalue weighted by Crippen LogP contribution is -2.39. The first-order valence-corrected chi connectivity index (χ1v) is 4.46. The highest BCUT2D eigenvalue weighted by molar-refractivity contribution is 4.62. The highest BCUT2D eigenvalue weighted by atomic mass is 15.2. The standard InChI is InChI=1S/C9H22N2/c1-8(2)6-11(7-10-5)9(3)4/h8-10H,6-7H2,1-5H3. The topological polar surface area (TPSA) is 15.3 Å². The quantitative estimate of drug-likeness (QED) is 0.610. The largest absolute Gasteiger partial charge is 0.307 e. The minimum atomic E-state index is 0.643. The van der Waals surface area contributed by atoms with Crippen molar-refractivity contribution in [3.63, 3.8) is 0 Å². The average Bonchev–Trinajstić information content (AvgIpc) is 1.86. The van der Waals surface area contributed by atoms with Crippen molar-refractivity contribution in [3.8, 4) is 0 Å². The van der Waals surface area contributed by atoms with E-state index in [9.17, 15) is 0 Å². The molecule has 2 heteroatoms. The van der Waals surface area contributed by atoms with Crippen LogP contribution < -0.4 is 5.32 Å². The van der Waals surface area contributed by atoms with E-state index in [1.165, 1.54) is 6.54 Å². The van der Waals surface area contributed by atoms with E-state index in [4.69, 9.17) is 0 Å². The van der Waals surface area contributed by atoms with Gasteiger partial charge in [0.15, 0.2) is 0 Å². The molecule has 0 aromatic carbocycles. The lowest BCUT2D eigenvalue weighted by Gasteiger charge is -2.27. The molecule has 0 rings (SSSR count). The molecule has 0 aliphatic rings. The SMILES string of the molecule is CNCN(CC(C)C)C(C)C. The van der Waals surface area contributed by atoms with Gasteiger partial charge in [-0.05, 0) is 26.8 Å². The van der Waals surface area contributed by atoms with Crippen molar-refractivity contribution in [3.05, 3.63) is 0 Å². The van der Waals surface area contributed by atoms with Gasteiger partial charge in [-0.15, -0.1) is 0 Å². The molecule has 68 valence electrons. The number of nitrogens with one attached hydrogen (secondary N) is 1. The summed E-state index contributed by atoms with van der Waals surface area (Å²) >= 11 is 0. The van der Waals surface area contributed by atoms with E-state index in [1.54, 1.807) is 0 Å². The third kappa shape index (κ3) is 5.22. The van der Waals surface area contributed by atoms with Crippen molar-refractivity contribution in [1.29, 1.82) is 0 Å². The number of hydrogen-bond donors (Lipinski definition) is 1. The van der Waals surface area contributed by atoms with Crippen molar-refractivity contribution >= 4 is 0 Å². The molecular formula is C9H22N2. The van der Waals surface area contributed by atoms with Gasteiger partial charge in [0.05, 0.1) is 0 Å². The van der Waals surface area contributed by atoms with Crippen molar-refractivity contribution < 1.29 is 0 Å². The highest BCUT2D eigenvalue weighted by Crippen LogP contribution is 2.01. The Hall–Kier alpha value is -0.0800. The van der Waals surface area contributed by atoms with Crippen LogP contribution in [0.15, 0.2) is 0 Å². The van der Waals surface area contributed by atoms with E-state index in [2.05, 4.69) is 37.9 Å². The zero-order chi connectivity index (χ0) is 8.85. The molecule has 0 radical (unpaired) electrons. The van der Waals surface area contributed by atoms with Crippen LogP contribution in [0.2, 0.25) is 0 Å². The van der Waals surface area contributed by atoms with E-state index >= 15 is 0 Å². The van der Waals surface area contributed by atoms with Gasteiger partial charge >= 0.3 is 0 Å². The molecule has 0 aromatic rings. The van der Waals surface area contributed by atoms with E-state index < -0.39 is 0 Å². The van der Waals surface area contributed by atoms with Gasteiger partial charge in [-0.25, -0.2) is 0 Å². The molecule has 0 aliphatic carbocycles. The van der Waals surface area contributed by atoms with Gasteiger partial charge in [0, 0.05) is 19.3 Å². The smallest absolute Gasteiger partial charge is 0.0480 e. The number of rotatable bonds is 5. The minimum absolute atomic E-state index is 0.643. The molecule has 0 unspecified atom stereocenters. The third-order valence-electron chi connectivity index (χ3n) is 1.69. The molecule has 0 aromatic heterocycles. The summed E-state index contributed by atoms with van der Waals surface area (Å²) < 4.78 is 0. The molecule has 0 saturated carbocycles. The Morgan fingerprint density at radius 3 is 2.00 bits per heavy atom. The predicted molar refractivity (Wildman–Crippen MR) is 50.6 cm³/mol. The zero-order valence-corrected chi connectivity index (χ0v) is 8.52. The Labute approximate surface area is 71.0 Å². The van der Waals surface area contributed by atoms with E-state index in [0.717, 1.165) is 12.6 Å². The van der Waals surface area contributed by atoms with Crippen molar-refractivity contribution in [2.24, 2.45) is 5.92 Å². The lowest BCUT2D eigenvalue weighted by atomic mass is 10.2. The molecule has 0 amide bonds. The summed E-state index contributed by atoms with van der Waals surface area (Å²) in [7, 11) is 2.00. The Balaban J connectivity index is 3.69. The maximum absolute atomic E-state index is 3.18. The van der Waals surface area contributed by atoms with Crippen LogP contribution in [0, 0.1) is 5.92 Å². The number of nitrogens with zero attached hydrogens (tertiary/aromatic N) is 1. The Morgan fingerprint density at radius 1 is 1.18 bits per heavy atom. The second kappa shape index (κ2) is 5.56. The monoisotopic (exact) mass is 158 g/mol. The van der Waals surface area contributed by atoms with Crippen molar-refractivity contribution in [2.45, 2.75) is 33.7 Å². The van der Waals surface area contributed by atoms with Crippen LogP contribution in [-0.2, 0) is 0 Å². The molecule has 1 N–H and O–H groups in total.